The van der Waals surface area contributed by atoms with Gasteiger partial charge in [0.05, 0.1) is 145 Å². The van der Waals surface area contributed by atoms with Crippen LogP contribution in [0.1, 0.15) is 48.0 Å². The highest BCUT2D eigenvalue weighted by molar-refractivity contribution is 5.71. The molecule has 0 spiro atoms. The van der Waals surface area contributed by atoms with Crippen molar-refractivity contribution in [1.29, 1.82) is 0 Å². The first-order chi connectivity index (χ1) is 23.0. The first-order valence-corrected chi connectivity index (χ1v) is 16.8. The molecule has 0 aliphatic rings. The van der Waals surface area contributed by atoms with Crippen molar-refractivity contribution in [3.8, 4) is 0 Å². The molecule has 15 nitrogen and oxygen atoms in total. The summed E-state index contributed by atoms with van der Waals surface area (Å²) in [4.78, 5) is 23.1. The molecule has 0 aliphatic heterocycles. The van der Waals surface area contributed by atoms with Crippen LogP contribution in [0.2, 0.25) is 0 Å². The average molecular weight is 701 g/mol. The number of carbonyl (C=O) groups is 2. The van der Waals surface area contributed by atoms with Gasteiger partial charge >= 0.3 is 11.9 Å². The normalized spacial score (nSPS) is 12.0. The van der Waals surface area contributed by atoms with E-state index < -0.39 is 17.2 Å². The Morgan fingerprint density at radius 1 is 0.312 bits per heavy atom. The Bertz CT molecular complexity index is 665. The van der Waals surface area contributed by atoms with Crippen molar-refractivity contribution in [1.82, 2.24) is 0 Å². The van der Waals surface area contributed by atoms with Gasteiger partial charge in [0.25, 0.3) is 0 Å². The van der Waals surface area contributed by atoms with Crippen LogP contribution < -0.4 is 0 Å². The summed E-state index contributed by atoms with van der Waals surface area (Å²) in [6, 6.07) is 0. The van der Waals surface area contributed by atoms with Crippen LogP contribution in [-0.2, 0) is 71.2 Å². The third-order valence-electron chi connectivity index (χ3n) is 5.23. The lowest BCUT2D eigenvalue weighted by Crippen LogP contribution is -2.27. The molecule has 0 fully saturated rings. The third-order valence-corrected chi connectivity index (χ3v) is 5.23. The van der Waals surface area contributed by atoms with E-state index >= 15 is 0 Å². The van der Waals surface area contributed by atoms with E-state index in [-0.39, 0.29) is 19.0 Å². The molecule has 0 atom stereocenters. The van der Waals surface area contributed by atoms with Gasteiger partial charge < -0.3 is 61.6 Å². The van der Waals surface area contributed by atoms with Gasteiger partial charge in [0, 0.05) is 0 Å². The van der Waals surface area contributed by atoms with Crippen LogP contribution in [0.5, 0.6) is 0 Å². The predicted octanol–water partition coefficient (Wildman–Crippen LogP) is 2.24. The van der Waals surface area contributed by atoms with E-state index in [4.69, 9.17) is 61.6 Å². The molecule has 0 heterocycles. The van der Waals surface area contributed by atoms with E-state index in [0.717, 1.165) is 0 Å². The van der Waals surface area contributed by atoms with Crippen molar-refractivity contribution in [2.24, 2.45) is 0 Å². The molecule has 15 heteroatoms. The van der Waals surface area contributed by atoms with E-state index in [1.165, 1.54) is 0 Å². The molecule has 0 saturated carbocycles. The second-order valence-electron chi connectivity index (χ2n) is 12.1. The zero-order valence-electron chi connectivity index (χ0n) is 30.4. The standard InChI is InChI=1S/C33H64O15/c1-32(2,3)47-30(34)7-8-36-9-10-37-11-12-38-13-14-39-15-16-40-17-18-41-19-20-42-21-22-43-23-24-44-25-26-45-27-28-46-29-31(35)48-33(4,5)6/h7-29H2,1-6H3. The summed E-state index contributed by atoms with van der Waals surface area (Å²) in [5.74, 6) is -0.659. The van der Waals surface area contributed by atoms with Crippen molar-refractivity contribution < 1.29 is 71.2 Å². The molecule has 286 valence electrons. The van der Waals surface area contributed by atoms with Crippen LogP contribution >= 0.6 is 0 Å². The predicted molar refractivity (Wildman–Crippen MR) is 175 cm³/mol. The Hall–Kier alpha value is -1.50. The number of hydrogen-bond donors (Lipinski definition) is 0. The van der Waals surface area contributed by atoms with Crippen molar-refractivity contribution in [2.45, 2.75) is 59.2 Å². The quantitative estimate of drug-likeness (QED) is 0.0701. The first-order valence-electron chi connectivity index (χ1n) is 16.8. The number of rotatable bonds is 35. The molecule has 0 saturated heterocycles. The maximum Gasteiger partial charge on any atom is 0.332 e. The lowest BCUT2D eigenvalue weighted by atomic mass is 10.2. The van der Waals surface area contributed by atoms with Gasteiger partial charge in [-0.25, -0.2) is 4.79 Å². The van der Waals surface area contributed by atoms with Crippen molar-refractivity contribution in [3.05, 3.63) is 0 Å². The van der Waals surface area contributed by atoms with Gasteiger partial charge in [0.2, 0.25) is 0 Å². The zero-order chi connectivity index (χ0) is 35.6. The fourth-order valence-corrected chi connectivity index (χ4v) is 3.27. The van der Waals surface area contributed by atoms with Crippen LogP contribution in [0.25, 0.3) is 0 Å². The number of carbonyl (C=O) groups excluding carboxylic acids is 2. The minimum atomic E-state index is -0.514. The summed E-state index contributed by atoms with van der Waals surface area (Å²) >= 11 is 0. The molecule has 0 radical (unpaired) electrons. The fraction of sp³-hybridized carbons (Fsp3) is 0.939. The molecular formula is C33H64O15. The fourth-order valence-electron chi connectivity index (χ4n) is 3.27. The Labute approximate surface area is 287 Å². The molecular weight excluding hydrogens is 636 g/mol. The van der Waals surface area contributed by atoms with Crippen LogP contribution in [-0.4, -0.2) is 168 Å². The maximum absolute atomic E-state index is 11.6. The van der Waals surface area contributed by atoms with E-state index in [1.807, 2.05) is 41.5 Å². The summed E-state index contributed by atoms with van der Waals surface area (Å²) in [5, 5.41) is 0. The largest absolute Gasteiger partial charge is 0.460 e. The SMILES string of the molecule is CC(C)(C)OC(=O)CCOCCOCCOCCOCCOCCOCCOCCOCCOCCOCCOCC(=O)OC(C)(C)C. The lowest BCUT2D eigenvalue weighted by Gasteiger charge is -2.19. The molecule has 0 rings (SSSR count). The minimum absolute atomic E-state index is 0.0871. The molecule has 0 aromatic heterocycles. The zero-order valence-corrected chi connectivity index (χ0v) is 30.4. The van der Waals surface area contributed by atoms with Crippen molar-refractivity contribution in [2.75, 3.05) is 145 Å². The summed E-state index contributed by atoms with van der Waals surface area (Å²) in [7, 11) is 0. The molecule has 0 N–H and O–H groups in total. The van der Waals surface area contributed by atoms with Crippen molar-refractivity contribution in [3.63, 3.8) is 0 Å². The number of hydrogen-bond acceptors (Lipinski definition) is 15. The maximum atomic E-state index is 11.6. The Morgan fingerprint density at radius 3 is 0.771 bits per heavy atom. The lowest BCUT2D eigenvalue weighted by molar-refractivity contribution is -0.161. The molecule has 0 aromatic rings. The van der Waals surface area contributed by atoms with Gasteiger partial charge in [-0.1, -0.05) is 0 Å². The average Bonchev–Trinajstić information content (AvgIpc) is 2.99. The summed E-state index contributed by atoms with van der Waals surface area (Å²) in [5.41, 5.74) is -0.992. The molecule has 48 heavy (non-hydrogen) atoms. The van der Waals surface area contributed by atoms with Gasteiger partial charge in [0.1, 0.15) is 17.8 Å². The van der Waals surface area contributed by atoms with Gasteiger partial charge in [-0.05, 0) is 41.5 Å². The van der Waals surface area contributed by atoms with E-state index in [1.54, 1.807) is 0 Å². The molecule has 0 amide bonds. The highest BCUT2D eigenvalue weighted by Gasteiger charge is 2.16. The highest BCUT2D eigenvalue weighted by atomic mass is 16.6. The van der Waals surface area contributed by atoms with Crippen LogP contribution in [0, 0.1) is 0 Å². The monoisotopic (exact) mass is 700 g/mol. The molecule has 0 aliphatic carbocycles. The van der Waals surface area contributed by atoms with Gasteiger partial charge in [-0.15, -0.1) is 0 Å². The minimum Gasteiger partial charge on any atom is -0.460 e. The number of ether oxygens (including phenoxy) is 13. The molecule has 0 unspecified atom stereocenters. The van der Waals surface area contributed by atoms with Crippen LogP contribution in [0.4, 0.5) is 0 Å². The Kier molecular flexibility index (Phi) is 31.7. The van der Waals surface area contributed by atoms with E-state index in [9.17, 15) is 9.59 Å². The highest BCUT2D eigenvalue weighted by Crippen LogP contribution is 2.08. The van der Waals surface area contributed by atoms with E-state index in [2.05, 4.69) is 0 Å². The van der Waals surface area contributed by atoms with Crippen LogP contribution in [0.3, 0.4) is 0 Å². The van der Waals surface area contributed by atoms with E-state index in [0.29, 0.717) is 139 Å². The first kappa shape index (κ1) is 46.5. The summed E-state index contributed by atoms with van der Waals surface area (Å²) < 4.78 is 69.9. The topological polar surface area (TPSA) is 154 Å². The van der Waals surface area contributed by atoms with Crippen molar-refractivity contribution >= 4 is 11.9 Å². The smallest absolute Gasteiger partial charge is 0.332 e. The van der Waals surface area contributed by atoms with Gasteiger partial charge in [-0.2, -0.15) is 0 Å². The molecule has 0 aromatic carbocycles. The second-order valence-corrected chi connectivity index (χ2v) is 12.1. The molecule has 0 bridgehead atoms. The van der Waals surface area contributed by atoms with Gasteiger partial charge in [-0.3, -0.25) is 4.79 Å². The summed E-state index contributed by atoms with van der Waals surface area (Å²) in [6.45, 7) is 20.3. The van der Waals surface area contributed by atoms with Gasteiger partial charge in [0.15, 0.2) is 0 Å². The second kappa shape index (κ2) is 32.7. The summed E-state index contributed by atoms with van der Waals surface area (Å²) in [6.07, 6.45) is 0.228. The number of esters is 2. The van der Waals surface area contributed by atoms with Crippen LogP contribution in [0.15, 0.2) is 0 Å². The third kappa shape index (κ3) is 40.7. The Balaban J connectivity index is 3.14. The Morgan fingerprint density at radius 2 is 0.521 bits per heavy atom.